The highest BCUT2D eigenvalue weighted by Gasteiger charge is 2.37. The van der Waals surface area contributed by atoms with Crippen molar-refractivity contribution in [1.82, 2.24) is 14.8 Å². The Balaban J connectivity index is 1.42. The smallest absolute Gasteiger partial charge is 0.270 e. The SMILES string of the molecule is Cc1ccc(C(=O)NC(=Cc2ccco2)C(=O)N2CC3CC(C2)c2cccc(=O)n2C3)cc1C. The maximum Gasteiger partial charge on any atom is 0.270 e. The van der Waals surface area contributed by atoms with Crippen LogP contribution in [0.1, 0.15) is 45.3 Å². The third-order valence-electron chi connectivity index (χ3n) is 6.84. The topological polar surface area (TPSA) is 84.6 Å². The first kappa shape index (κ1) is 21.9. The van der Waals surface area contributed by atoms with Crippen LogP contribution >= 0.6 is 0 Å². The first-order valence-corrected chi connectivity index (χ1v) is 11.5. The minimum atomic E-state index is -0.344. The maximum absolute atomic E-state index is 13.7. The van der Waals surface area contributed by atoms with Crippen molar-refractivity contribution >= 4 is 17.9 Å². The van der Waals surface area contributed by atoms with Crippen LogP contribution in [0, 0.1) is 19.8 Å². The molecule has 174 valence electrons. The average molecular weight is 458 g/mol. The summed E-state index contributed by atoms with van der Waals surface area (Å²) < 4.78 is 7.26. The first-order chi connectivity index (χ1) is 16.4. The summed E-state index contributed by atoms with van der Waals surface area (Å²) in [5, 5.41) is 2.83. The van der Waals surface area contributed by atoms with E-state index in [9.17, 15) is 14.4 Å². The lowest BCUT2D eigenvalue weighted by molar-refractivity contribution is -0.130. The Hall–Kier alpha value is -3.87. The molecule has 7 heteroatoms. The van der Waals surface area contributed by atoms with Gasteiger partial charge in [0.25, 0.3) is 17.4 Å². The molecule has 34 heavy (non-hydrogen) atoms. The minimum absolute atomic E-state index is 0.00559. The zero-order valence-electron chi connectivity index (χ0n) is 19.3. The molecule has 0 aliphatic carbocycles. The maximum atomic E-state index is 13.7. The molecule has 2 bridgehead atoms. The lowest BCUT2D eigenvalue weighted by Crippen LogP contribution is -2.50. The van der Waals surface area contributed by atoms with Crippen LogP contribution in [0.3, 0.4) is 0 Å². The van der Waals surface area contributed by atoms with Gasteiger partial charge < -0.3 is 19.2 Å². The van der Waals surface area contributed by atoms with Crippen LogP contribution in [0.15, 0.2) is 69.7 Å². The number of fused-ring (bicyclic) bond motifs is 4. The standard InChI is InChI=1S/C27H27N3O4/c1-17-8-9-20(11-18(17)2)26(32)28-23(13-22-5-4-10-34-22)27(33)29-14-19-12-21(16-29)24-6-3-7-25(31)30(24)15-19/h3-11,13,19,21H,12,14-16H2,1-2H3,(H,28,32). The number of hydrogen-bond donors (Lipinski definition) is 1. The van der Waals surface area contributed by atoms with E-state index in [2.05, 4.69) is 5.32 Å². The molecule has 2 amide bonds. The summed E-state index contributed by atoms with van der Waals surface area (Å²) in [5.74, 6) is 0.164. The number of nitrogens with one attached hydrogen (secondary N) is 1. The predicted octanol–water partition coefficient (Wildman–Crippen LogP) is 3.47. The third kappa shape index (κ3) is 4.21. The Labute approximate surface area is 197 Å². The second-order valence-corrected chi connectivity index (χ2v) is 9.23. The summed E-state index contributed by atoms with van der Waals surface area (Å²) in [6.07, 6.45) is 4.04. The van der Waals surface area contributed by atoms with Gasteiger partial charge in [0.05, 0.1) is 6.26 Å². The summed E-state index contributed by atoms with van der Waals surface area (Å²) in [6, 6.07) is 14.3. The Morgan fingerprint density at radius 2 is 1.88 bits per heavy atom. The van der Waals surface area contributed by atoms with Crippen LogP contribution in [0.5, 0.6) is 0 Å². The lowest BCUT2D eigenvalue weighted by atomic mass is 9.83. The van der Waals surface area contributed by atoms with Gasteiger partial charge in [-0.2, -0.15) is 0 Å². The van der Waals surface area contributed by atoms with Crippen molar-refractivity contribution in [3.63, 3.8) is 0 Å². The lowest BCUT2D eigenvalue weighted by Gasteiger charge is -2.42. The fraction of sp³-hybridized carbons (Fsp3) is 0.296. The van der Waals surface area contributed by atoms with Crippen LogP contribution in [-0.2, 0) is 11.3 Å². The number of carbonyl (C=O) groups is 2. The van der Waals surface area contributed by atoms with Crippen molar-refractivity contribution in [1.29, 1.82) is 0 Å². The number of piperidine rings is 1. The highest BCUT2D eigenvalue weighted by Crippen LogP contribution is 2.35. The van der Waals surface area contributed by atoms with E-state index in [1.54, 1.807) is 41.3 Å². The molecule has 2 aliphatic heterocycles. The molecule has 1 saturated heterocycles. The predicted molar refractivity (Wildman–Crippen MR) is 128 cm³/mol. The Kier molecular flexibility index (Phi) is 5.69. The number of amides is 2. The zero-order chi connectivity index (χ0) is 23.8. The molecule has 0 saturated carbocycles. The fourth-order valence-corrected chi connectivity index (χ4v) is 4.98. The molecule has 1 N–H and O–H groups in total. The van der Waals surface area contributed by atoms with Gasteiger partial charge in [0, 0.05) is 49.0 Å². The third-order valence-corrected chi connectivity index (χ3v) is 6.84. The fourth-order valence-electron chi connectivity index (χ4n) is 4.98. The molecule has 5 rings (SSSR count). The van der Waals surface area contributed by atoms with Crippen molar-refractivity contribution in [2.24, 2.45) is 5.92 Å². The van der Waals surface area contributed by atoms with E-state index in [0.717, 1.165) is 23.2 Å². The molecule has 1 fully saturated rings. The summed E-state index contributed by atoms with van der Waals surface area (Å²) in [5.41, 5.74) is 3.74. The van der Waals surface area contributed by atoms with Gasteiger partial charge in [0.2, 0.25) is 0 Å². The average Bonchev–Trinajstić information content (AvgIpc) is 3.33. The second-order valence-electron chi connectivity index (χ2n) is 9.23. The number of carbonyl (C=O) groups excluding carboxylic acids is 2. The summed E-state index contributed by atoms with van der Waals surface area (Å²) in [6.45, 7) is 5.56. The minimum Gasteiger partial charge on any atom is -0.465 e. The molecule has 2 unspecified atom stereocenters. The van der Waals surface area contributed by atoms with E-state index in [1.807, 2.05) is 36.6 Å². The Bertz CT molecular complexity index is 1340. The molecule has 0 radical (unpaired) electrons. The quantitative estimate of drug-likeness (QED) is 0.608. The normalized spacial score (nSPS) is 19.5. The van der Waals surface area contributed by atoms with Gasteiger partial charge in [0.1, 0.15) is 11.5 Å². The van der Waals surface area contributed by atoms with Gasteiger partial charge in [-0.15, -0.1) is 0 Å². The molecule has 0 spiro atoms. The highest BCUT2D eigenvalue weighted by molar-refractivity contribution is 6.05. The van der Waals surface area contributed by atoms with E-state index in [4.69, 9.17) is 4.42 Å². The highest BCUT2D eigenvalue weighted by atomic mass is 16.3. The number of nitrogens with zero attached hydrogens (tertiary/aromatic N) is 2. The first-order valence-electron chi connectivity index (χ1n) is 11.5. The molecule has 2 aromatic heterocycles. The van der Waals surface area contributed by atoms with Crippen LogP contribution in [0.4, 0.5) is 0 Å². The number of likely N-dealkylation sites (tertiary alicyclic amines) is 1. The molecule has 2 atom stereocenters. The van der Waals surface area contributed by atoms with Crippen LogP contribution in [0.2, 0.25) is 0 Å². The largest absolute Gasteiger partial charge is 0.465 e. The molecular formula is C27H27N3O4. The molecule has 3 aromatic rings. The van der Waals surface area contributed by atoms with Gasteiger partial charge in [-0.25, -0.2) is 0 Å². The Morgan fingerprint density at radius 3 is 2.65 bits per heavy atom. The summed E-state index contributed by atoms with van der Waals surface area (Å²) >= 11 is 0. The van der Waals surface area contributed by atoms with Crippen molar-refractivity contribution in [3.8, 4) is 0 Å². The van der Waals surface area contributed by atoms with Crippen molar-refractivity contribution in [3.05, 3.63) is 99.0 Å². The van der Waals surface area contributed by atoms with Crippen molar-refractivity contribution in [2.75, 3.05) is 13.1 Å². The van der Waals surface area contributed by atoms with Gasteiger partial charge in [-0.3, -0.25) is 14.4 Å². The molecular weight excluding hydrogens is 430 g/mol. The van der Waals surface area contributed by atoms with E-state index in [-0.39, 0.29) is 34.9 Å². The van der Waals surface area contributed by atoms with Crippen LogP contribution in [-0.4, -0.2) is 34.4 Å². The monoisotopic (exact) mass is 457 g/mol. The summed E-state index contributed by atoms with van der Waals surface area (Å²) in [4.78, 5) is 40.8. The van der Waals surface area contributed by atoms with Crippen molar-refractivity contribution < 1.29 is 14.0 Å². The van der Waals surface area contributed by atoms with E-state index >= 15 is 0 Å². The van der Waals surface area contributed by atoms with Gasteiger partial charge in [0.15, 0.2) is 0 Å². The molecule has 2 aliphatic rings. The molecule has 7 nitrogen and oxygen atoms in total. The zero-order valence-corrected chi connectivity index (χ0v) is 19.3. The van der Waals surface area contributed by atoms with Crippen LogP contribution in [0.25, 0.3) is 6.08 Å². The number of rotatable bonds is 4. The number of aromatic nitrogens is 1. The molecule has 1 aromatic carbocycles. The number of furan rings is 1. The van der Waals surface area contributed by atoms with Crippen LogP contribution < -0.4 is 10.9 Å². The number of aryl methyl sites for hydroxylation is 2. The van der Waals surface area contributed by atoms with E-state index < -0.39 is 0 Å². The number of pyridine rings is 1. The van der Waals surface area contributed by atoms with Gasteiger partial charge in [-0.1, -0.05) is 12.1 Å². The second kappa shape index (κ2) is 8.82. The van der Waals surface area contributed by atoms with E-state index in [0.29, 0.717) is 31.0 Å². The van der Waals surface area contributed by atoms with E-state index in [1.165, 1.54) is 6.26 Å². The molecule has 4 heterocycles. The van der Waals surface area contributed by atoms with Gasteiger partial charge >= 0.3 is 0 Å². The summed E-state index contributed by atoms with van der Waals surface area (Å²) in [7, 11) is 0. The number of hydrogen-bond acceptors (Lipinski definition) is 4. The van der Waals surface area contributed by atoms with Crippen molar-refractivity contribution in [2.45, 2.75) is 32.7 Å². The Morgan fingerprint density at radius 1 is 1.03 bits per heavy atom. The van der Waals surface area contributed by atoms with Gasteiger partial charge in [-0.05, 0) is 67.6 Å². The number of benzene rings is 1.